The molecule has 0 heterocycles. The number of esters is 1. The molecule has 0 aliphatic rings. The molecule has 0 aromatic heterocycles. The maximum atomic E-state index is 11.3. The molecule has 0 bridgehead atoms. The van der Waals surface area contributed by atoms with Gasteiger partial charge in [-0.2, -0.15) is 0 Å². The molecule has 0 amide bonds. The Hall–Kier alpha value is -0.260. The van der Waals surface area contributed by atoms with Crippen molar-refractivity contribution in [3.63, 3.8) is 0 Å². The van der Waals surface area contributed by atoms with Gasteiger partial charge in [0.2, 0.25) is 0 Å². The first-order chi connectivity index (χ1) is 8.08. The average Bonchev–Trinajstić information content (AvgIpc) is 2.28. The Balaban J connectivity index is 0. The van der Waals surface area contributed by atoms with Gasteiger partial charge in [0, 0.05) is 11.6 Å². The molecule has 1 rings (SSSR count). The van der Waals surface area contributed by atoms with Crippen LogP contribution in [-0.2, 0) is 9.53 Å². The van der Waals surface area contributed by atoms with Gasteiger partial charge in [-0.15, -0.1) is 0 Å². The van der Waals surface area contributed by atoms with Gasteiger partial charge in [0.1, 0.15) is 12.4 Å². The van der Waals surface area contributed by atoms with Gasteiger partial charge in [-0.1, -0.05) is 11.6 Å². The Kier molecular flexibility index (Phi) is 9.50. The van der Waals surface area contributed by atoms with E-state index in [1.54, 1.807) is 24.3 Å². The molecule has 0 saturated heterocycles. The summed E-state index contributed by atoms with van der Waals surface area (Å²) < 4.78 is 10.2. The molecule has 0 saturated carbocycles. The molecular weight excluding hydrogens is 265 g/mol. The van der Waals surface area contributed by atoms with E-state index in [0.717, 1.165) is 0 Å². The molecule has 0 spiro atoms. The SMILES string of the molecule is CN(C)CCOC(=O)COc1ccc(Cl)cc1.[H-].[Na+]. The first-order valence-electron chi connectivity index (χ1n) is 5.26. The maximum absolute atomic E-state index is 11.3. The van der Waals surface area contributed by atoms with E-state index in [1.165, 1.54) is 0 Å². The van der Waals surface area contributed by atoms with Crippen molar-refractivity contribution in [2.24, 2.45) is 0 Å². The van der Waals surface area contributed by atoms with E-state index in [4.69, 9.17) is 21.1 Å². The van der Waals surface area contributed by atoms with Crippen LogP contribution in [0.25, 0.3) is 0 Å². The quantitative estimate of drug-likeness (QED) is 0.492. The van der Waals surface area contributed by atoms with Crippen molar-refractivity contribution in [1.82, 2.24) is 4.90 Å². The molecular formula is C12H17ClNNaO3. The number of rotatable bonds is 6. The molecule has 0 aliphatic heterocycles. The molecule has 18 heavy (non-hydrogen) atoms. The van der Waals surface area contributed by atoms with Crippen molar-refractivity contribution < 1.29 is 45.3 Å². The van der Waals surface area contributed by atoms with Crippen molar-refractivity contribution >= 4 is 17.6 Å². The van der Waals surface area contributed by atoms with Crippen LogP contribution in [0.2, 0.25) is 5.02 Å². The molecule has 0 aliphatic carbocycles. The van der Waals surface area contributed by atoms with Crippen molar-refractivity contribution in [2.45, 2.75) is 0 Å². The van der Waals surface area contributed by atoms with Gasteiger partial charge in [0.05, 0.1) is 0 Å². The summed E-state index contributed by atoms with van der Waals surface area (Å²) in [6.45, 7) is 0.984. The minimum atomic E-state index is -0.373. The first-order valence-corrected chi connectivity index (χ1v) is 5.64. The Labute approximate surface area is 136 Å². The number of nitrogens with zero attached hydrogens (tertiary/aromatic N) is 1. The zero-order valence-electron chi connectivity index (χ0n) is 12.0. The van der Waals surface area contributed by atoms with Crippen molar-refractivity contribution in [2.75, 3.05) is 33.9 Å². The summed E-state index contributed by atoms with van der Waals surface area (Å²) in [6, 6.07) is 6.81. The molecule has 0 unspecified atom stereocenters. The summed E-state index contributed by atoms with van der Waals surface area (Å²) in [5, 5.41) is 0.630. The number of ether oxygens (including phenoxy) is 2. The normalized spacial score (nSPS) is 9.78. The number of carbonyl (C=O) groups is 1. The Morgan fingerprint density at radius 2 is 1.94 bits per heavy atom. The van der Waals surface area contributed by atoms with Gasteiger partial charge in [-0.3, -0.25) is 0 Å². The first kappa shape index (κ1) is 17.7. The van der Waals surface area contributed by atoms with E-state index >= 15 is 0 Å². The molecule has 0 fully saturated rings. The number of hydrogen-bond donors (Lipinski definition) is 0. The van der Waals surface area contributed by atoms with E-state index in [1.807, 2.05) is 19.0 Å². The zero-order chi connectivity index (χ0) is 12.7. The molecule has 0 radical (unpaired) electrons. The summed E-state index contributed by atoms with van der Waals surface area (Å²) in [6.07, 6.45) is 0. The third-order valence-corrected chi connectivity index (χ3v) is 2.22. The predicted octanol–water partition coefficient (Wildman–Crippen LogP) is -1.06. The maximum Gasteiger partial charge on any atom is 1.00 e. The summed E-state index contributed by atoms with van der Waals surface area (Å²) in [7, 11) is 3.83. The van der Waals surface area contributed by atoms with E-state index in [0.29, 0.717) is 23.9 Å². The third kappa shape index (κ3) is 7.95. The van der Waals surface area contributed by atoms with Crippen molar-refractivity contribution in [3.05, 3.63) is 29.3 Å². The predicted molar refractivity (Wildman–Crippen MR) is 67.6 cm³/mol. The zero-order valence-corrected chi connectivity index (χ0v) is 13.7. The van der Waals surface area contributed by atoms with Crippen LogP contribution in [0.1, 0.15) is 1.43 Å². The fraction of sp³-hybridized carbons (Fsp3) is 0.417. The summed E-state index contributed by atoms with van der Waals surface area (Å²) in [5.74, 6) is 0.223. The third-order valence-electron chi connectivity index (χ3n) is 1.97. The second-order valence-electron chi connectivity index (χ2n) is 3.77. The van der Waals surface area contributed by atoms with Crippen LogP contribution < -0.4 is 34.3 Å². The van der Waals surface area contributed by atoms with Gasteiger partial charge < -0.3 is 15.8 Å². The van der Waals surface area contributed by atoms with Crippen LogP contribution in [0.5, 0.6) is 5.75 Å². The summed E-state index contributed by atoms with van der Waals surface area (Å²) >= 11 is 5.72. The van der Waals surface area contributed by atoms with Gasteiger partial charge in [0.15, 0.2) is 6.61 Å². The van der Waals surface area contributed by atoms with Crippen LogP contribution in [0.3, 0.4) is 0 Å². The van der Waals surface area contributed by atoms with Crippen LogP contribution in [0.15, 0.2) is 24.3 Å². The topological polar surface area (TPSA) is 38.8 Å². The smallest absolute Gasteiger partial charge is 1.00 e. The van der Waals surface area contributed by atoms with Gasteiger partial charge in [-0.05, 0) is 38.4 Å². The fourth-order valence-corrected chi connectivity index (χ4v) is 1.18. The number of benzene rings is 1. The summed E-state index contributed by atoms with van der Waals surface area (Å²) in [4.78, 5) is 13.2. The molecule has 1 aromatic rings. The van der Waals surface area contributed by atoms with Crippen LogP contribution >= 0.6 is 11.6 Å². The van der Waals surface area contributed by atoms with Gasteiger partial charge in [-0.25, -0.2) is 4.79 Å². The van der Waals surface area contributed by atoms with E-state index in [-0.39, 0.29) is 43.6 Å². The average molecular weight is 282 g/mol. The molecule has 96 valence electrons. The molecule has 4 nitrogen and oxygen atoms in total. The number of carbonyl (C=O) groups excluding carboxylic acids is 1. The minimum Gasteiger partial charge on any atom is -1.00 e. The van der Waals surface area contributed by atoms with Crippen molar-refractivity contribution in [1.29, 1.82) is 0 Å². The number of likely N-dealkylation sites (N-methyl/N-ethyl adjacent to an activating group) is 1. The number of hydrogen-bond acceptors (Lipinski definition) is 4. The van der Waals surface area contributed by atoms with Crippen LogP contribution in [-0.4, -0.2) is 44.7 Å². The van der Waals surface area contributed by atoms with Crippen LogP contribution in [0.4, 0.5) is 0 Å². The standard InChI is InChI=1S/C12H16ClNO3.Na.H/c1-14(2)7-8-16-12(15)9-17-11-5-3-10(13)4-6-11;;/h3-6H,7-9H2,1-2H3;;/q;+1;-1. The fourth-order valence-electron chi connectivity index (χ4n) is 1.06. The molecule has 0 N–H and O–H groups in total. The van der Waals surface area contributed by atoms with Crippen LogP contribution in [0, 0.1) is 0 Å². The Morgan fingerprint density at radius 3 is 2.50 bits per heavy atom. The molecule has 1 aromatic carbocycles. The minimum absolute atomic E-state index is 0. The van der Waals surface area contributed by atoms with Gasteiger partial charge in [0.25, 0.3) is 0 Å². The molecule has 0 atom stereocenters. The Bertz CT molecular complexity index is 362. The van der Waals surface area contributed by atoms with E-state index in [9.17, 15) is 4.79 Å². The second-order valence-corrected chi connectivity index (χ2v) is 4.20. The van der Waals surface area contributed by atoms with Gasteiger partial charge >= 0.3 is 35.5 Å². The number of halogens is 1. The van der Waals surface area contributed by atoms with E-state index < -0.39 is 0 Å². The second kappa shape index (κ2) is 9.64. The largest absolute Gasteiger partial charge is 1.00 e. The summed E-state index contributed by atoms with van der Waals surface area (Å²) in [5.41, 5.74) is 0. The Morgan fingerprint density at radius 1 is 1.33 bits per heavy atom. The van der Waals surface area contributed by atoms with E-state index in [2.05, 4.69) is 0 Å². The monoisotopic (exact) mass is 281 g/mol. The van der Waals surface area contributed by atoms with Crippen molar-refractivity contribution in [3.8, 4) is 5.75 Å². The molecule has 6 heteroatoms.